The summed E-state index contributed by atoms with van der Waals surface area (Å²) in [4.78, 5) is 11.3. The van der Waals surface area contributed by atoms with Gasteiger partial charge in [-0.15, -0.1) is 0 Å². The third kappa shape index (κ3) is 2.18. The average Bonchev–Trinajstić information content (AvgIpc) is 2.37. The highest BCUT2D eigenvalue weighted by Gasteiger charge is 2.13. The van der Waals surface area contributed by atoms with E-state index < -0.39 is 6.10 Å². The summed E-state index contributed by atoms with van der Waals surface area (Å²) in [6.07, 6.45) is 1.91. The summed E-state index contributed by atoms with van der Waals surface area (Å²) in [5, 5.41) is 12.3. The third-order valence-electron chi connectivity index (χ3n) is 2.74. The molecule has 0 aromatic heterocycles. The topological polar surface area (TPSA) is 49.3 Å². The molecule has 1 aliphatic heterocycles. The van der Waals surface area contributed by atoms with Gasteiger partial charge in [0, 0.05) is 12.1 Å². The molecule has 3 nitrogen and oxygen atoms in total. The minimum Gasteiger partial charge on any atom is -0.389 e. The normalized spacial score (nSPS) is 17.6. The lowest BCUT2D eigenvalue weighted by atomic mass is 10.0. The number of aryl methyl sites for hydroxylation is 1. The number of benzene rings is 1. The highest BCUT2D eigenvalue weighted by atomic mass is 16.3. The summed E-state index contributed by atoms with van der Waals surface area (Å²) >= 11 is 0. The SMILES string of the molecule is CC(O)c1ccc2c(c1)CCCC(=O)N2. The van der Waals surface area contributed by atoms with Gasteiger partial charge in [-0.1, -0.05) is 12.1 Å². The molecule has 0 saturated carbocycles. The van der Waals surface area contributed by atoms with Gasteiger partial charge in [-0.25, -0.2) is 0 Å². The van der Waals surface area contributed by atoms with Gasteiger partial charge in [0.1, 0.15) is 0 Å². The molecule has 1 heterocycles. The number of aliphatic hydroxyl groups is 1. The zero-order valence-corrected chi connectivity index (χ0v) is 8.79. The molecule has 1 aliphatic rings. The van der Waals surface area contributed by atoms with Crippen LogP contribution < -0.4 is 5.32 Å². The minimum atomic E-state index is -0.450. The summed E-state index contributed by atoms with van der Waals surface area (Å²) in [6, 6.07) is 5.71. The van der Waals surface area contributed by atoms with Crippen LogP contribution in [-0.2, 0) is 11.2 Å². The number of rotatable bonds is 1. The summed E-state index contributed by atoms with van der Waals surface area (Å²) < 4.78 is 0. The van der Waals surface area contributed by atoms with Gasteiger partial charge in [0.15, 0.2) is 0 Å². The van der Waals surface area contributed by atoms with Gasteiger partial charge < -0.3 is 10.4 Å². The van der Waals surface area contributed by atoms with Crippen LogP contribution in [0.15, 0.2) is 18.2 Å². The fraction of sp³-hybridized carbons (Fsp3) is 0.417. The maximum atomic E-state index is 11.3. The van der Waals surface area contributed by atoms with Crippen molar-refractivity contribution in [2.75, 3.05) is 5.32 Å². The molecule has 1 amide bonds. The molecule has 0 spiro atoms. The minimum absolute atomic E-state index is 0.0820. The van der Waals surface area contributed by atoms with Crippen LogP contribution in [-0.4, -0.2) is 11.0 Å². The number of anilines is 1. The lowest BCUT2D eigenvalue weighted by molar-refractivity contribution is -0.116. The molecule has 1 aromatic rings. The molecule has 3 heteroatoms. The van der Waals surface area contributed by atoms with E-state index in [9.17, 15) is 9.90 Å². The lowest BCUT2D eigenvalue weighted by Gasteiger charge is -2.10. The number of nitrogens with one attached hydrogen (secondary N) is 1. The second-order valence-electron chi connectivity index (χ2n) is 3.99. The summed E-state index contributed by atoms with van der Waals surface area (Å²) in [7, 11) is 0. The number of aliphatic hydroxyl groups excluding tert-OH is 1. The van der Waals surface area contributed by atoms with Gasteiger partial charge in [0.2, 0.25) is 5.91 Å². The Hall–Kier alpha value is -1.35. The average molecular weight is 205 g/mol. The van der Waals surface area contributed by atoms with Crippen LogP contribution in [0, 0.1) is 0 Å². The number of hydrogen-bond acceptors (Lipinski definition) is 2. The Morgan fingerprint density at radius 1 is 1.40 bits per heavy atom. The molecule has 1 unspecified atom stereocenters. The smallest absolute Gasteiger partial charge is 0.224 e. The number of carbonyl (C=O) groups is 1. The highest BCUT2D eigenvalue weighted by Crippen LogP contribution is 2.25. The summed E-state index contributed by atoms with van der Waals surface area (Å²) in [6.45, 7) is 1.75. The second kappa shape index (κ2) is 4.03. The molecule has 2 N–H and O–H groups in total. The van der Waals surface area contributed by atoms with Crippen molar-refractivity contribution in [3.8, 4) is 0 Å². The number of fused-ring (bicyclic) bond motifs is 1. The first kappa shape index (κ1) is 10.2. The molecular formula is C12H15NO2. The van der Waals surface area contributed by atoms with Crippen molar-refractivity contribution in [2.24, 2.45) is 0 Å². The maximum Gasteiger partial charge on any atom is 0.224 e. The van der Waals surface area contributed by atoms with Gasteiger partial charge in [-0.05, 0) is 37.0 Å². The van der Waals surface area contributed by atoms with E-state index >= 15 is 0 Å². The predicted molar refractivity (Wildman–Crippen MR) is 58.6 cm³/mol. The summed E-state index contributed by atoms with van der Waals surface area (Å²) in [5.74, 6) is 0.0820. The van der Waals surface area contributed by atoms with E-state index in [0.717, 1.165) is 29.7 Å². The molecule has 0 bridgehead atoms. The van der Waals surface area contributed by atoms with Crippen molar-refractivity contribution in [3.63, 3.8) is 0 Å². The fourth-order valence-corrected chi connectivity index (χ4v) is 1.85. The Labute approximate surface area is 89.1 Å². The predicted octanol–water partition coefficient (Wildman–Crippen LogP) is 2.01. The largest absolute Gasteiger partial charge is 0.389 e. The van der Waals surface area contributed by atoms with Crippen LogP contribution in [0.3, 0.4) is 0 Å². The molecule has 2 rings (SSSR count). The van der Waals surface area contributed by atoms with Crippen LogP contribution in [0.2, 0.25) is 0 Å². The van der Waals surface area contributed by atoms with E-state index in [1.54, 1.807) is 6.92 Å². The van der Waals surface area contributed by atoms with Gasteiger partial charge in [0.05, 0.1) is 6.10 Å². The van der Waals surface area contributed by atoms with Crippen LogP contribution in [0.25, 0.3) is 0 Å². The Morgan fingerprint density at radius 3 is 2.93 bits per heavy atom. The molecular weight excluding hydrogens is 190 g/mol. The first-order chi connectivity index (χ1) is 7.16. The van der Waals surface area contributed by atoms with Gasteiger partial charge in [-0.3, -0.25) is 4.79 Å². The molecule has 0 fully saturated rings. The van der Waals surface area contributed by atoms with Crippen molar-refractivity contribution < 1.29 is 9.90 Å². The van der Waals surface area contributed by atoms with Gasteiger partial charge in [0.25, 0.3) is 0 Å². The van der Waals surface area contributed by atoms with Crippen molar-refractivity contribution >= 4 is 11.6 Å². The van der Waals surface area contributed by atoms with Crippen LogP contribution in [0.4, 0.5) is 5.69 Å². The molecule has 1 aromatic carbocycles. The van der Waals surface area contributed by atoms with Gasteiger partial charge in [-0.2, -0.15) is 0 Å². The van der Waals surface area contributed by atoms with Crippen molar-refractivity contribution in [1.29, 1.82) is 0 Å². The summed E-state index contributed by atoms with van der Waals surface area (Å²) in [5.41, 5.74) is 2.92. The van der Waals surface area contributed by atoms with Crippen molar-refractivity contribution in [1.82, 2.24) is 0 Å². The number of carbonyl (C=O) groups excluding carboxylic acids is 1. The second-order valence-corrected chi connectivity index (χ2v) is 3.99. The van der Waals surface area contributed by atoms with Gasteiger partial charge >= 0.3 is 0 Å². The molecule has 0 saturated heterocycles. The van der Waals surface area contributed by atoms with Crippen LogP contribution in [0.1, 0.15) is 37.0 Å². The molecule has 0 radical (unpaired) electrons. The van der Waals surface area contributed by atoms with E-state index in [1.165, 1.54) is 0 Å². The van der Waals surface area contributed by atoms with Crippen molar-refractivity contribution in [2.45, 2.75) is 32.3 Å². The fourth-order valence-electron chi connectivity index (χ4n) is 1.85. The van der Waals surface area contributed by atoms with E-state index in [0.29, 0.717) is 6.42 Å². The maximum absolute atomic E-state index is 11.3. The third-order valence-corrected chi connectivity index (χ3v) is 2.74. The zero-order valence-electron chi connectivity index (χ0n) is 8.79. The molecule has 0 aliphatic carbocycles. The number of amides is 1. The van der Waals surface area contributed by atoms with E-state index in [2.05, 4.69) is 5.32 Å². The Morgan fingerprint density at radius 2 is 2.20 bits per heavy atom. The number of hydrogen-bond donors (Lipinski definition) is 2. The molecule has 1 atom stereocenters. The van der Waals surface area contributed by atoms with Crippen LogP contribution in [0.5, 0.6) is 0 Å². The molecule has 15 heavy (non-hydrogen) atoms. The quantitative estimate of drug-likeness (QED) is 0.736. The Balaban J connectivity index is 2.35. The first-order valence-electron chi connectivity index (χ1n) is 5.27. The zero-order chi connectivity index (χ0) is 10.8. The molecule has 80 valence electrons. The van der Waals surface area contributed by atoms with Crippen LogP contribution >= 0.6 is 0 Å². The van der Waals surface area contributed by atoms with E-state index in [-0.39, 0.29) is 5.91 Å². The monoisotopic (exact) mass is 205 g/mol. The Kier molecular flexibility index (Phi) is 2.73. The highest BCUT2D eigenvalue weighted by molar-refractivity contribution is 5.92. The lowest BCUT2D eigenvalue weighted by Crippen LogP contribution is -2.09. The van der Waals surface area contributed by atoms with Crippen molar-refractivity contribution in [3.05, 3.63) is 29.3 Å². The van der Waals surface area contributed by atoms with E-state index in [1.807, 2.05) is 18.2 Å². The first-order valence-corrected chi connectivity index (χ1v) is 5.27. The van der Waals surface area contributed by atoms with E-state index in [4.69, 9.17) is 0 Å². The standard InChI is InChI=1S/C12H15NO2/c1-8(14)9-5-6-11-10(7-9)3-2-4-12(15)13-11/h5-8,14H,2-4H2,1H3,(H,13,15). The Bertz CT molecular complexity index is 385.